The molecule has 0 atom stereocenters. The summed E-state index contributed by atoms with van der Waals surface area (Å²) in [5.41, 5.74) is -7.27. The van der Waals surface area contributed by atoms with Gasteiger partial charge in [-0.15, -0.1) is 0 Å². The SMILES string of the molecule is CC(C)(NC(=O)C(C)(C)NC(=O)C(C)(C)NC(=O)C(C)(C)NC(=O)C(C)(C)NC(=O)c1ccc2ccc3cccc4ccc1c2c34)C(=O)O. The normalized spacial score (nSPS) is 12.9. The van der Waals surface area contributed by atoms with Crippen LogP contribution in [0.4, 0.5) is 0 Å². The van der Waals surface area contributed by atoms with Gasteiger partial charge in [-0.05, 0) is 108 Å². The molecular weight excluding hydrogens is 626 g/mol. The molecule has 0 fully saturated rings. The zero-order chi connectivity index (χ0) is 36.9. The van der Waals surface area contributed by atoms with Crippen LogP contribution in [0.15, 0.2) is 54.6 Å². The molecular formula is C37H45N5O7. The monoisotopic (exact) mass is 671 g/mol. The van der Waals surface area contributed by atoms with E-state index in [1.807, 2.05) is 48.5 Å². The van der Waals surface area contributed by atoms with Crippen molar-refractivity contribution in [2.75, 3.05) is 0 Å². The van der Waals surface area contributed by atoms with Crippen LogP contribution in [-0.4, -0.2) is 68.3 Å². The Bertz CT molecular complexity index is 1990. The van der Waals surface area contributed by atoms with Gasteiger partial charge in [0.25, 0.3) is 5.91 Å². The summed E-state index contributed by atoms with van der Waals surface area (Å²) >= 11 is 0. The molecule has 0 heterocycles. The molecule has 0 saturated heterocycles. The first-order valence-electron chi connectivity index (χ1n) is 15.9. The van der Waals surface area contributed by atoms with Crippen LogP contribution in [0.3, 0.4) is 0 Å². The molecule has 0 unspecified atom stereocenters. The number of carboxylic acids is 1. The van der Waals surface area contributed by atoms with Crippen molar-refractivity contribution in [3.05, 3.63) is 60.2 Å². The number of hydrogen-bond donors (Lipinski definition) is 6. The van der Waals surface area contributed by atoms with Gasteiger partial charge in [0.15, 0.2) is 0 Å². The van der Waals surface area contributed by atoms with E-state index in [1.165, 1.54) is 69.2 Å². The summed E-state index contributed by atoms with van der Waals surface area (Å²) in [5.74, 6) is -4.53. The Morgan fingerprint density at radius 3 is 1.22 bits per heavy atom. The molecule has 0 aliphatic rings. The minimum atomic E-state index is -1.58. The van der Waals surface area contributed by atoms with E-state index < -0.39 is 63.2 Å². The van der Waals surface area contributed by atoms with Crippen molar-refractivity contribution in [2.45, 2.75) is 96.9 Å². The van der Waals surface area contributed by atoms with Crippen molar-refractivity contribution in [3.8, 4) is 0 Å². The maximum absolute atomic E-state index is 13.7. The van der Waals surface area contributed by atoms with Crippen LogP contribution in [0.25, 0.3) is 32.3 Å². The largest absolute Gasteiger partial charge is 0.480 e. The highest BCUT2D eigenvalue weighted by atomic mass is 16.4. The number of rotatable bonds is 11. The predicted octanol–water partition coefficient (Wildman–Crippen LogP) is 3.76. The Hall–Kier alpha value is -5.26. The first kappa shape index (κ1) is 36.6. The van der Waals surface area contributed by atoms with E-state index in [0.717, 1.165) is 32.3 Å². The number of hydrogen-bond acceptors (Lipinski definition) is 6. The lowest BCUT2D eigenvalue weighted by Crippen LogP contribution is -2.68. The van der Waals surface area contributed by atoms with Crippen molar-refractivity contribution in [2.24, 2.45) is 0 Å². The van der Waals surface area contributed by atoms with Crippen molar-refractivity contribution >= 4 is 67.8 Å². The molecule has 0 spiro atoms. The van der Waals surface area contributed by atoms with Crippen LogP contribution >= 0.6 is 0 Å². The summed E-state index contributed by atoms with van der Waals surface area (Å²) in [6.07, 6.45) is 0. The van der Waals surface area contributed by atoms with Crippen LogP contribution in [0.2, 0.25) is 0 Å². The summed E-state index contributed by atoms with van der Waals surface area (Å²) in [5, 5.41) is 28.3. The predicted molar refractivity (Wildman–Crippen MR) is 188 cm³/mol. The highest BCUT2D eigenvalue weighted by Crippen LogP contribution is 2.36. The maximum atomic E-state index is 13.7. The Morgan fingerprint density at radius 1 is 0.449 bits per heavy atom. The fourth-order valence-corrected chi connectivity index (χ4v) is 5.33. The molecule has 0 bridgehead atoms. The molecule has 4 aromatic carbocycles. The van der Waals surface area contributed by atoms with Gasteiger partial charge in [-0.2, -0.15) is 0 Å². The van der Waals surface area contributed by atoms with Gasteiger partial charge >= 0.3 is 5.97 Å². The van der Waals surface area contributed by atoms with Gasteiger partial charge in [0.1, 0.15) is 27.7 Å². The number of carboxylic acid groups (broad SMARTS) is 1. The molecule has 0 aromatic heterocycles. The van der Waals surface area contributed by atoms with Crippen LogP contribution in [-0.2, 0) is 24.0 Å². The molecule has 0 saturated carbocycles. The first-order valence-corrected chi connectivity index (χ1v) is 15.9. The van der Waals surface area contributed by atoms with E-state index >= 15 is 0 Å². The second kappa shape index (κ2) is 12.3. The first-order chi connectivity index (χ1) is 22.4. The number of carbonyl (C=O) groups is 6. The van der Waals surface area contributed by atoms with E-state index in [2.05, 4.69) is 26.6 Å². The minimum absolute atomic E-state index is 0.402. The van der Waals surface area contributed by atoms with Crippen LogP contribution in [0, 0.1) is 0 Å². The Labute approximate surface area is 285 Å². The number of amides is 5. The van der Waals surface area contributed by atoms with Crippen LogP contribution in [0.1, 0.15) is 79.6 Å². The minimum Gasteiger partial charge on any atom is -0.480 e. The number of aliphatic carboxylic acids is 1. The topological polar surface area (TPSA) is 183 Å². The third kappa shape index (κ3) is 7.28. The third-order valence-electron chi connectivity index (χ3n) is 8.71. The lowest BCUT2D eigenvalue weighted by atomic mass is 9.91. The van der Waals surface area contributed by atoms with Gasteiger partial charge < -0.3 is 31.7 Å². The van der Waals surface area contributed by atoms with Gasteiger partial charge in [-0.3, -0.25) is 24.0 Å². The average molecular weight is 672 g/mol. The molecule has 5 amide bonds. The van der Waals surface area contributed by atoms with Gasteiger partial charge in [0.05, 0.1) is 0 Å². The Morgan fingerprint density at radius 2 is 0.796 bits per heavy atom. The number of carbonyl (C=O) groups excluding carboxylic acids is 5. The molecule has 0 aliphatic carbocycles. The van der Waals surface area contributed by atoms with Crippen molar-refractivity contribution in [1.82, 2.24) is 26.6 Å². The number of benzene rings is 4. The van der Waals surface area contributed by atoms with Crippen LogP contribution < -0.4 is 26.6 Å². The molecule has 49 heavy (non-hydrogen) atoms. The summed E-state index contributed by atoms with van der Waals surface area (Å²) in [6, 6.07) is 17.6. The van der Waals surface area contributed by atoms with Crippen molar-refractivity contribution in [1.29, 1.82) is 0 Å². The van der Waals surface area contributed by atoms with Crippen molar-refractivity contribution < 1.29 is 33.9 Å². The summed E-state index contributed by atoms with van der Waals surface area (Å²) < 4.78 is 0. The maximum Gasteiger partial charge on any atom is 0.328 e. The van der Waals surface area contributed by atoms with E-state index in [0.29, 0.717) is 5.56 Å². The molecule has 4 aromatic rings. The van der Waals surface area contributed by atoms with Crippen molar-refractivity contribution in [3.63, 3.8) is 0 Å². The summed E-state index contributed by atoms with van der Waals surface area (Å²) in [4.78, 5) is 78.1. The number of nitrogens with one attached hydrogen (secondary N) is 5. The third-order valence-corrected chi connectivity index (χ3v) is 8.71. The van der Waals surface area contributed by atoms with Gasteiger partial charge in [0.2, 0.25) is 23.6 Å². The van der Waals surface area contributed by atoms with Crippen LogP contribution in [0.5, 0.6) is 0 Å². The van der Waals surface area contributed by atoms with Gasteiger partial charge in [0, 0.05) is 5.56 Å². The van der Waals surface area contributed by atoms with E-state index in [9.17, 15) is 33.9 Å². The summed E-state index contributed by atoms with van der Waals surface area (Å²) in [7, 11) is 0. The average Bonchev–Trinajstić information content (AvgIpc) is 2.98. The highest BCUT2D eigenvalue weighted by molar-refractivity contribution is 6.26. The zero-order valence-corrected chi connectivity index (χ0v) is 29.6. The standard InChI is InChI=1S/C37H45N5O7/c1-33(2,38-27(43)24-19-17-22-15-14-20-12-11-13-21-16-18-23(24)26(22)25(20)21)28(44)39-34(3,4)29(45)40-35(5,6)30(46)41-36(7,8)31(47)42-37(9,10)32(48)49/h11-19H,1-10H3,(H,38,43)(H,39,44)(H,40,45)(H,41,46)(H,42,47)(H,48,49). The molecule has 6 N–H and O–H groups in total. The van der Waals surface area contributed by atoms with E-state index in [-0.39, 0.29) is 0 Å². The molecule has 12 heteroatoms. The smallest absolute Gasteiger partial charge is 0.328 e. The lowest BCUT2D eigenvalue weighted by Gasteiger charge is -2.36. The Kier molecular flexibility index (Phi) is 9.20. The molecule has 260 valence electrons. The molecule has 12 nitrogen and oxygen atoms in total. The fourth-order valence-electron chi connectivity index (χ4n) is 5.33. The van der Waals surface area contributed by atoms with Gasteiger partial charge in [-0.25, -0.2) is 4.79 Å². The van der Waals surface area contributed by atoms with Gasteiger partial charge in [-0.1, -0.05) is 48.5 Å². The summed E-state index contributed by atoms with van der Waals surface area (Å²) in [6.45, 7) is 14.2. The Balaban J connectivity index is 1.45. The highest BCUT2D eigenvalue weighted by Gasteiger charge is 2.43. The lowest BCUT2D eigenvalue weighted by molar-refractivity contribution is -0.147. The van der Waals surface area contributed by atoms with E-state index in [1.54, 1.807) is 6.07 Å². The second-order valence-electron chi connectivity index (χ2n) is 15.2. The quantitative estimate of drug-likeness (QED) is 0.131. The molecule has 4 rings (SSSR count). The van der Waals surface area contributed by atoms with E-state index in [4.69, 9.17) is 0 Å². The molecule has 0 radical (unpaired) electrons. The zero-order valence-electron chi connectivity index (χ0n) is 29.6. The second-order valence-corrected chi connectivity index (χ2v) is 15.2. The molecule has 0 aliphatic heterocycles. The fraction of sp³-hybridized carbons (Fsp3) is 0.405.